The standard InChI is InChI=1S/2B.4H2O4S/c;;4*1-5(2,3)4/h;;4*(H2,1,2,3,4)/q2*+3;;;;/p-6. The summed E-state index contributed by atoms with van der Waals surface area (Å²) in [5.41, 5.74) is 0. The summed E-state index contributed by atoms with van der Waals surface area (Å²) in [6.45, 7) is 0. The summed E-state index contributed by atoms with van der Waals surface area (Å²) >= 11 is 0. The summed E-state index contributed by atoms with van der Waals surface area (Å²) in [4.78, 5) is 0. The smallest absolute Gasteiger partial charge is 0.759 e. The summed E-state index contributed by atoms with van der Waals surface area (Å²) in [5, 5.41) is 0. The van der Waals surface area contributed by atoms with E-state index in [1.54, 1.807) is 0 Å². The van der Waals surface area contributed by atoms with Crippen molar-refractivity contribution in [2.75, 3.05) is 0 Å². The first-order chi connectivity index (χ1) is 8.00. The monoisotopic (exact) mass is 408 g/mol. The van der Waals surface area contributed by atoms with E-state index in [9.17, 15) is 0 Å². The van der Waals surface area contributed by atoms with Crippen molar-refractivity contribution in [3.05, 3.63) is 0 Å². The fourth-order valence-corrected chi connectivity index (χ4v) is 0. The van der Waals surface area contributed by atoms with Crippen molar-refractivity contribution in [3.8, 4) is 0 Å². The Morgan fingerprint density at radius 3 is 0.455 bits per heavy atom. The van der Waals surface area contributed by atoms with Crippen molar-refractivity contribution in [2.45, 2.75) is 0 Å². The zero-order valence-corrected chi connectivity index (χ0v) is 12.7. The van der Waals surface area contributed by atoms with Crippen LogP contribution in [-0.4, -0.2) is 86.9 Å². The Morgan fingerprint density at radius 2 is 0.455 bits per heavy atom. The van der Waals surface area contributed by atoms with Gasteiger partial charge in [0.25, 0.3) is 0 Å². The predicted molar refractivity (Wildman–Crippen MR) is 57.1 cm³/mol. The topological polar surface area (TPSA) is 315 Å². The van der Waals surface area contributed by atoms with Gasteiger partial charge in [-0.1, -0.05) is 0 Å². The molecule has 0 amide bonds. The van der Waals surface area contributed by atoms with Crippen LogP contribution in [0.2, 0.25) is 0 Å². The molecule has 0 unspecified atom stereocenters. The minimum absolute atomic E-state index is 0. The molecule has 0 saturated heterocycles. The number of hydrogen-bond donors (Lipinski definition) is 2. The summed E-state index contributed by atoms with van der Waals surface area (Å²) in [5.74, 6) is 0. The fourth-order valence-electron chi connectivity index (χ4n) is 0. The van der Waals surface area contributed by atoms with E-state index in [-0.39, 0.29) is 16.8 Å². The van der Waals surface area contributed by atoms with E-state index in [2.05, 4.69) is 0 Å². The van der Waals surface area contributed by atoms with Gasteiger partial charge in [0, 0.05) is 31.2 Å². The molecule has 0 aromatic rings. The quantitative estimate of drug-likeness (QED) is 0.214. The van der Waals surface area contributed by atoms with Gasteiger partial charge in [0.15, 0.2) is 0 Å². The molecule has 22 heavy (non-hydrogen) atoms. The molecule has 2 N–H and O–H groups in total. The first-order valence-electron chi connectivity index (χ1n) is 2.70. The Kier molecular flexibility index (Phi) is 24.3. The third kappa shape index (κ3) is 44600. The predicted octanol–water partition coefficient (Wildman–Crippen LogP) is -5.43. The van der Waals surface area contributed by atoms with Crippen LogP contribution in [0.4, 0.5) is 0 Å². The van der Waals surface area contributed by atoms with E-state index >= 15 is 0 Å². The molecule has 0 bridgehead atoms. The normalized spacial score (nSPS) is 10.5. The van der Waals surface area contributed by atoms with Gasteiger partial charge in [-0.3, -0.25) is 34.4 Å². The van der Waals surface area contributed by atoms with Crippen molar-refractivity contribution in [1.29, 1.82) is 0 Å². The Hall–Kier alpha value is -0.390. The van der Waals surface area contributed by atoms with Crippen LogP contribution < -0.4 is 0 Å². The van der Waals surface area contributed by atoms with Gasteiger partial charge in [0.1, 0.15) is 0 Å². The van der Waals surface area contributed by atoms with Crippen LogP contribution in [0.25, 0.3) is 0 Å². The van der Waals surface area contributed by atoms with Gasteiger partial charge < -0.3 is 27.3 Å². The van der Waals surface area contributed by atoms with Crippen LogP contribution in [0.1, 0.15) is 0 Å². The van der Waals surface area contributed by atoms with Crippen LogP contribution >= 0.6 is 0 Å². The molecule has 128 valence electrons. The molecule has 22 heteroatoms. The van der Waals surface area contributed by atoms with Gasteiger partial charge >= 0.3 is 27.2 Å². The Labute approximate surface area is 129 Å². The van der Waals surface area contributed by atoms with Crippen LogP contribution in [0, 0.1) is 0 Å². The molecule has 0 saturated carbocycles. The zero-order chi connectivity index (χ0) is 18.0. The molecular weight excluding hydrogens is 406 g/mol. The molecule has 16 nitrogen and oxygen atoms in total. The van der Waals surface area contributed by atoms with Crippen molar-refractivity contribution in [2.24, 2.45) is 0 Å². The minimum atomic E-state index is -5.17. The molecule has 0 atom stereocenters. The van der Waals surface area contributed by atoms with E-state index in [0.29, 0.717) is 0 Å². The molecule has 0 radical (unpaired) electrons. The Bertz CT molecular complexity index is 477. The van der Waals surface area contributed by atoms with E-state index in [1.165, 1.54) is 0 Å². The third-order valence-corrected chi connectivity index (χ3v) is 0. The second kappa shape index (κ2) is 14.2. The van der Waals surface area contributed by atoms with Gasteiger partial charge in [-0.15, -0.1) is 0 Å². The molecule has 0 fully saturated rings. The van der Waals surface area contributed by atoms with Crippen molar-refractivity contribution in [3.63, 3.8) is 0 Å². The molecule has 0 aliphatic carbocycles. The maximum Gasteiger partial charge on any atom is 3.00 e. The Balaban J connectivity index is -0.0000000376. The average molecular weight is 408 g/mol. The second-order valence-corrected chi connectivity index (χ2v) is 5.02. The van der Waals surface area contributed by atoms with Crippen LogP contribution in [0.15, 0.2) is 0 Å². The van der Waals surface area contributed by atoms with Crippen molar-refractivity contribution in [1.82, 2.24) is 0 Å². The third-order valence-electron chi connectivity index (χ3n) is 0. The van der Waals surface area contributed by atoms with E-state index in [1.807, 2.05) is 0 Å². The summed E-state index contributed by atoms with van der Waals surface area (Å²) in [6, 6.07) is 0. The molecule has 0 aliphatic heterocycles. The minimum Gasteiger partial charge on any atom is -0.759 e. The first-order valence-corrected chi connectivity index (χ1v) is 8.10. The molecule has 0 aromatic carbocycles. The summed E-state index contributed by atoms with van der Waals surface area (Å²) in [6.07, 6.45) is 0. The van der Waals surface area contributed by atoms with Crippen molar-refractivity contribution < 1.29 is 70.1 Å². The van der Waals surface area contributed by atoms with Crippen LogP contribution in [0.5, 0.6) is 0 Å². The second-order valence-electron chi connectivity index (χ2n) is 1.67. The zero-order valence-electron chi connectivity index (χ0n) is 9.40. The summed E-state index contributed by atoms with van der Waals surface area (Å²) < 4.78 is 134. The van der Waals surface area contributed by atoms with Crippen LogP contribution in [-0.2, 0) is 41.6 Å². The van der Waals surface area contributed by atoms with E-state index in [4.69, 9.17) is 70.1 Å². The van der Waals surface area contributed by atoms with Crippen molar-refractivity contribution >= 4 is 58.4 Å². The van der Waals surface area contributed by atoms with Gasteiger partial charge in [0.05, 0.1) is 0 Å². The molecule has 0 spiro atoms. The molecule has 0 heterocycles. The van der Waals surface area contributed by atoms with Gasteiger partial charge in [-0.25, -0.2) is 0 Å². The Morgan fingerprint density at radius 1 is 0.455 bits per heavy atom. The van der Waals surface area contributed by atoms with E-state index < -0.39 is 41.6 Å². The SMILES string of the molecule is O=S(=O)(O)O.O=S(=O)([O-])[O-].O=S(=O)([O-])[O-].O=S(=O)([O-])[O-].[B+3].[B+3]. The van der Waals surface area contributed by atoms with E-state index in [0.717, 1.165) is 0 Å². The molecule has 0 rings (SSSR count). The van der Waals surface area contributed by atoms with Gasteiger partial charge in [-0.05, 0) is 0 Å². The molecule has 0 aromatic heterocycles. The molecule has 0 aliphatic rings. The number of hydrogen-bond acceptors (Lipinski definition) is 14. The largest absolute Gasteiger partial charge is 3.00 e. The molecular formula is H2B2O16S4. The summed E-state index contributed by atoms with van der Waals surface area (Å²) in [7, 11) is -20.2. The van der Waals surface area contributed by atoms with Crippen LogP contribution in [0.3, 0.4) is 0 Å². The van der Waals surface area contributed by atoms with Gasteiger partial charge in [0.2, 0.25) is 0 Å². The maximum atomic E-state index is 8.74. The first kappa shape index (κ1) is 37.7. The average Bonchev–Trinajstić information content (AvgIpc) is 1.62. The number of rotatable bonds is 0. The fraction of sp³-hybridized carbons (Fsp3) is 0. The van der Waals surface area contributed by atoms with Gasteiger partial charge in [-0.2, -0.15) is 8.42 Å². The maximum absolute atomic E-state index is 8.74.